The predicted molar refractivity (Wildman–Crippen MR) is 79.4 cm³/mol. The van der Waals surface area contributed by atoms with Crippen molar-refractivity contribution in [3.8, 4) is 0 Å². The Morgan fingerprint density at radius 1 is 1.40 bits per heavy atom. The van der Waals surface area contributed by atoms with Gasteiger partial charge in [0.25, 0.3) is 5.69 Å². The van der Waals surface area contributed by atoms with E-state index in [0.29, 0.717) is 11.4 Å². The van der Waals surface area contributed by atoms with Crippen LogP contribution in [0.5, 0.6) is 0 Å². The maximum Gasteiger partial charge on any atom is 0.290 e. The zero-order valence-corrected chi connectivity index (χ0v) is 12.5. The van der Waals surface area contributed by atoms with Gasteiger partial charge in [-0.3, -0.25) is 10.1 Å². The number of nitro groups is 1. The highest BCUT2D eigenvalue weighted by atomic mass is 32.1. The number of hydrogen-bond donors (Lipinski definition) is 1. The number of aromatic nitrogens is 2. The third-order valence-corrected chi connectivity index (χ3v) is 4.07. The van der Waals surface area contributed by atoms with Crippen LogP contribution in [0.25, 0.3) is 0 Å². The van der Waals surface area contributed by atoms with Crippen LogP contribution in [0.4, 0.5) is 11.5 Å². The van der Waals surface area contributed by atoms with Gasteiger partial charge >= 0.3 is 0 Å². The summed E-state index contributed by atoms with van der Waals surface area (Å²) in [7, 11) is 0. The summed E-state index contributed by atoms with van der Waals surface area (Å²) in [6.07, 6.45) is 2.16. The molecule has 2 heterocycles. The van der Waals surface area contributed by atoms with Crippen molar-refractivity contribution in [1.82, 2.24) is 9.97 Å². The van der Waals surface area contributed by atoms with Gasteiger partial charge in [0.1, 0.15) is 12.0 Å². The van der Waals surface area contributed by atoms with E-state index in [-0.39, 0.29) is 5.69 Å². The molecule has 0 amide bonds. The fraction of sp³-hybridized carbons (Fsp3) is 0.385. The summed E-state index contributed by atoms with van der Waals surface area (Å²) >= 11 is 1.70. The topological polar surface area (TPSA) is 81.0 Å². The molecule has 0 unspecified atom stereocenters. The van der Waals surface area contributed by atoms with E-state index in [1.807, 2.05) is 13.8 Å². The minimum absolute atomic E-state index is 0.0458. The Bertz CT molecular complexity index is 639. The van der Waals surface area contributed by atoms with Crippen LogP contribution < -0.4 is 5.32 Å². The van der Waals surface area contributed by atoms with Gasteiger partial charge in [-0.15, -0.1) is 11.3 Å². The first-order valence-corrected chi connectivity index (χ1v) is 7.07. The lowest BCUT2D eigenvalue weighted by molar-refractivity contribution is -0.385. The molecule has 0 bridgehead atoms. The third kappa shape index (κ3) is 3.30. The van der Waals surface area contributed by atoms with Crippen molar-refractivity contribution in [2.24, 2.45) is 0 Å². The molecule has 0 spiro atoms. The lowest BCUT2D eigenvalue weighted by Crippen LogP contribution is -2.07. The Hall–Kier alpha value is -2.02. The summed E-state index contributed by atoms with van der Waals surface area (Å²) in [6, 6.07) is 1.70. The van der Waals surface area contributed by atoms with Gasteiger partial charge in [-0.25, -0.2) is 9.97 Å². The molecule has 2 aromatic rings. The number of hydrogen-bond acceptors (Lipinski definition) is 6. The van der Waals surface area contributed by atoms with E-state index < -0.39 is 4.92 Å². The van der Waals surface area contributed by atoms with E-state index in [1.165, 1.54) is 11.1 Å². The van der Waals surface area contributed by atoms with E-state index in [1.54, 1.807) is 24.3 Å². The molecule has 106 valence electrons. The number of nitrogens with zero attached hydrogens (tertiary/aromatic N) is 3. The van der Waals surface area contributed by atoms with Gasteiger partial charge < -0.3 is 5.32 Å². The minimum atomic E-state index is -0.421. The highest BCUT2D eigenvalue weighted by Gasteiger charge is 2.11. The molecule has 0 aliphatic rings. The molecular weight excluding hydrogens is 276 g/mol. The van der Waals surface area contributed by atoms with Crippen LogP contribution in [-0.2, 0) is 6.42 Å². The Labute approximate surface area is 121 Å². The number of pyridine rings is 1. The Morgan fingerprint density at radius 3 is 2.70 bits per heavy atom. The number of nitrogens with one attached hydrogen (secondary N) is 1. The molecule has 0 saturated carbocycles. The molecule has 6 nitrogen and oxygen atoms in total. The van der Waals surface area contributed by atoms with Crippen LogP contribution in [-0.4, -0.2) is 21.4 Å². The Balaban J connectivity index is 1.96. The molecule has 0 aliphatic carbocycles. The van der Waals surface area contributed by atoms with Crippen LogP contribution in [0.1, 0.15) is 21.1 Å². The zero-order chi connectivity index (χ0) is 14.7. The second-order valence-electron chi connectivity index (χ2n) is 4.53. The van der Waals surface area contributed by atoms with Crippen LogP contribution >= 0.6 is 11.3 Å². The highest BCUT2D eigenvalue weighted by molar-refractivity contribution is 7.11. The molecule has 1 N–H and O–H groups in total. The molecule has 2 rings (SSSR count). The molecule has 7 heteroatoms. The lowest BCUT2D eigenvalue weighted by Gasteiger charge is -2.05. The Morgan fingerprint density at radius 2 is 2.15 bits per heavy atom. The van der Waals surface area contributed by atoms with Gasteiger partial charge in [0.2, 0.25) is 0 Å². The lowest BCUT2D eigenvalue weighted by atomic mass is 10.2. The third-order valence-electron chi connectivity index (χ3n) is 2.94. The molecule has 0 saturated heterocycles. The first kappa shape index (κ1) is 14.4. The van der Waals surface area contributed by atoms with Crippen molar-refractivity contribution >= 4 is 22.8 Å². The van der Waals surface area contributed by atoms with Crippen molar-refractivity contribution in [3.05, 3.63) is 43.5 Å². The molecule has 20 heavy (non-hydrogen) atoms. The summed E-state index contributed by atoms with van der Waals surface area (Å²) in [5.74, 6) is 0.659. The number of aryl methyl sites for hydroxylation is 3. The minimum Gasteiger partial charge on any atom is -0.370 e. The van der Waals surface area contributed by atoms with E-state index in [0.717, 1.165) is 23.7 Å². The van der Waals surface area contributed by atoms with Crippen molar-refractivity contribution in [2.75, 3.05) is 11.9 Å². The average molecular weight is 292 g/mol. The number of thiazole rings is 1. The highest BCUT2D eigenvalue weighted by Crippen LogP contribution is 2.20. The summed E-state index contributed by atoms with van der Waals surface area (Å²) in [4.78, 5) is 20.0. The van der Waals surface area contributed by atoms with E-state index in [4.69, 9.17) is 0 Å². The maximum atomic E-state index is 10.7. The largest absolute Gasteiger partial charge is 0.370 e. The molecule has 0 atom stereocenters. The van der Waals surface area contributed by atoms with Crippen molar-refractivity contribution in [3.63, 3.8) is 0 Å². The average Bonchev–Trinajstić information content (AvgIpc) is 2.67. The van der Waals surface area contributed by atoms with Crippen LogP contribution in [0.3, 0.4) is 0 Å². The SMILES string of the molecule is Cc1nc(C)c(CCNc2cc(C)c([N+](=O)[O-])cn2)s1. The molecule has 0 fully saturated rings. The quantitative estimate of drug-likeness (QED) is 0.676. The fourth-order valence-corrected chi connectivity index (χ4v) is 2.88. The zero-order valence-electron chi connectivity index (χ0n) is 11.6. The van der Waals surface area contributed by atoms with Gasteiger partial charge in [-0.1, -0.05) is 0 Å². The summed E-state index contributed by atoms with van der Waals surface area (Å²) in [5.41, 5.74) is 1.73. The number of anilines is 1. The second kappa shape index (κ2) is 5.96. The smallest absolute Gasteiger partial charge is 0.290 e. The van der Waals surface area contributed by atoms with Crippen LogP contribution in [0.15, 0.2) is 12.3 Å². The van der Waals surface area contributed by atoms with Crippen LogP contribution in [0, 0.1) is 30.9 Å². The Kier molecular flexibility index (Phi) is 4.29. The van der Waals surface area contributed by atoms with E-state index in [9.17, 15) is 10.1 Å². The van der Waals surface area contributed by atoms with Gasteiger partial charge in [0, 0.05) is 23.4 Å². The maximum absolute atomic E-state index is 10.7. The van der Waals surface area contributed by atoms with E-state index in [2.05, 4.69) is 15.3 Å². The summed E-state index contributed by atoms with van der Waals surface area (Å²) in [5, 5.41) is 15.0. The molecule has 0 aliphatic heterocycles. The normalized spacial score (nSPS) is 10.6. The predicted octanol–water partition coefficient (Wildman–Crippen LogP) is 3.03. The van der Waals surface area contributed by atoms with Crippen molar-refractivity contribution in [2.45, 2.75) is 27.2 Å². The first-order chi connectivity index (χ1) is 9.47. The molecule has 2 aromatic heterocycles. The molecule has 0 radical (unpaired) electrons. The standard InChI is InChI=1S/C13H16N4O2S/c1-8-6-13(15-7-11(8)17(18)19)14-5-4-12-9(2)16-10(3)20-12/h6-7H,4-5H2,1-3H3,(H,14,15). The van der Waals surface area contributed by atoms with Crippen molar-refractivity contribution < 1.29 is 4.92 Å². The number of rotatable bonds is 5. The van der Waals surface area contributed by atoms with Gasteiger partial charge in [0.05, 0.1) is 15.6 Å². The summed E-state index contributed by atoms with van der Waals surface area (Å²) in [6.45, 7) is 6.44. The van der Waals surface area contributed by atoms with Gasteiger partial charge in [0.15, 0.2) is 0 Å². The van der Waals surface area contributed by atoms with Gasteiger partial charge in [-0.05, 0) is 26.8 Å². The van der Waals surface area contributed by atoms with Gasteiger partial charge in [-0.2, -0.15) is 0 Å². The first-order valence-electron chi connectivity index (χ1n) is 6.25. The molecular formula is C13H16N4O2S. The van der Waals surface area contributed by atoms with Crippen molar-refractivity contribution in [1.29, 1.82) is 0 Å². The van der Waals surface area contributed by atoms with Crippen LogP contribution in [0.2, 0.25) is 0 Å². The summed E-state index contributed by atoms with van der Waals surface area (Å²) < 4.78 is 0. The second-order valence-corrected chi connectivity index (χ2v) is 5.82. The molecule has 0 aromatic carbocycles. The monoisotopic (exact) mass is 292 g/mol. The van der Waals surface area contributed by atoms with E-state index >= 15 is 0 Å². The fourth-order valence-electron chi connectivity index (χ4n) is 1.95.